The Hall–Kier alpha value is -0.790. The lowest BCUT2D eigenvalue weighted by atomic mass is 10.2. The predicted octanol–water partition coefficient (Wildman–Crippen LogP) is 1.21. The van der Waals surface area contributed by atoms with Crippen LogP contribution in [0.15, 0.2) is 6.20 Å². The third-order valence-electron chi connectivity index (χ3n) is 2.91. The monoisotopic (exact) mass is 287 g/mol. The van der Waals surface area contributed by atoms with Crippen LogP contribution in [-0.4, -0.2) is 47.1 Å². The van der Waals surface area contributed by atoms with E-state index >= 15 is 0 Å². The van der Waals surface area contributed by atoms with Crippen molar-refractivity contribution in [3.05, 3.63) is 11.1 Å². The molecule has 100 valence electrons. The van der Waals surface area contributed by atoms with Gasteiger partial charge in [-0.3, -0.25) is 9.69 Å². The Balaban J connectivity index is 1.96. The second-order valence-corrected chi connectivity index (χ2v) is 6.44. The normalized spacial score (nSPS) is 20.8. The minimum absolute atomic E-state index is 0.142. The summed E-state index contributed by atoms with van der Waals surface area (Å²) in [7, 11) is 1.44. The average Bonchev–Trinajstić information content (AvgIpc) is 2.77. The van der Waals surface area contributed by atoms with Crippen LogP contribution in [0.5, 0.6) is 0 Å². The van der Waals surface area contributed by atoms with E-state index in [1.165, 1.54) is 18.4 Å². The van der Waals surface area contributed by atoms with Gasteiger partial charge in [0, 0.05) is 41.7 Å². The van der Waals surface area contributed by atoms with Crippen molar-refractivity contribution in [3.63, 3.8) is 0 Å². The number of esters is 1. The third-order valence-corrected chi connectivity index (χ3v) is 4.81. The first-order chi connectivity index (χ1) is 8.69. The van der Waals surface area contributed by atoms with Gasteiger partial charge in [-0.25, -0.2) is 4.98 Å². The molecule has 1 aromatic rings. The quantitative estimate of drug-likeness (QED) is 0.839. The molecule has 1 aliphatic rings. The second-order valence-electron chi connectivity index (χ2n) is 4.14. The fourth-order valence-corrected chi connectivity index (χ4v) is 3.80. The van der Waals surface area contributed by atoms with Gasteiger partial charge in [-0.1, -0.05) is 0 Å². The van der Waals surface area contributed by atoms with Crippen LogP contribution in [0.4, 0.5) is 5.13 Å². The molecule has 0 amide bonds. The van der Waals surface area contributed by atoms with E-state index in [1.807, 2.05) is 18.0 Å². The summed E-state index contributed by atoms with van der Waals surface area (Å²) >= 11 is 3.40. The van der Waals surface area contributed by atoms with Gasteiger partial charge >= 0.3 is 5.97 Å². The zero-order chi connectivity index (χ0) is 13.0. The van der Waals surface area contributed by atoms with E-state index in [4.69, 9.17) is 10.5 Å². The summed E-state index contributed by atoms with van der Waals surface area (Å²) in [6, 6.07) is 0.250. The second kappa shape index (κ2) is 6.40. The van der Waals surface area contributed by atoms with Crippen LogP contribution in [0, 0.1) is 0 Å². The van der Waals surface area contributed by atoms with E-state index in [0.717, 1.165) is 29.5 Å². The number of thioether (sulfide) groups is 1. The van der Waals surface area contributed by atoms with Gasteiger partial charge < -0.3 is 10.5 Å². The number of ether oxygens (including phenoxy) is 1. The number of nitrogens with two attached hydrogens (primary N) is 1. The van der Waals surface area contributed by atoms with Crippen molar-refractivity contribution in [1.29, 1.82) is 0 Å². The van der Waals surface area contributed by atoms with E-state index in [1.54, 1.807) is 0 Å². The molecule has 1 aliphatic heterocycles. The molecular formula is C11H17N3O2S2. The number of methoxy groups -OCH3 is 1. The van der Waals surface area contributed by atoms with Gasteiger partial charge in [0.2, 0.25) is 0 Å². The standard InChI is InChI=1S/C11H17N3O2S2/c1-16-10(15)4-8-7-17-3-2-14(8)6-9-5-13-11(12)18-9/h5,8H,2-4,6-7H2,1H3,(H2,12,13). The van der Waals surface area contributed by atoms with Crippen LogP contribution < -0.4 is 5.73 Å². The first kappa shape index (κ1) is 13.6. The molecule has 0 bridgehead atoms. The van der Waals surface area contributed by atoms with Crippen molar-refractivity contribution in [2.45, 2.75) is 19.0 Å². The Labute approximate surface area is 115 Å². The molecule has 2 N–H and O–H groups in total. The van der Waals surface area contributed by atoms with Crippen molar-refractivity contribution in [1.82, 2.24) is 9.88 Å². The van der Waals surface area contributed by atoms with Crippen molar-refractivity contribution in [2.24, 2.45) is 0 Å². The molecule has 5 nitrogen and oxygen atoms in total. The summed E-state index contributed by atoms with van der Waals surface area (Å²) in [4.78, 5) is 18.9. The van der Waals surface area contributed by atoms with Crippen LogP contribution in [-0.2, 0) is 16.1 Å². The fourth-order valence-electron chi connectivity index (χ4n) is 1.96. The summed E-state index contributed by atoms with van der Waals surface area (Å²) < 4.78 is 4.75. The van der Waals surface area contributed by atoms with Crippen LogP contribution in [0.2, 0.25) is 0 Å². The lowest BCUT2D eigenvalue weighted by Crippen LogP contribution is -2.42. The van der Waals surface area contributed by atoms with Crippen LogP contribution in [0.1, 0.15) is 11.3 Å². The number of nitrogen functional groups attached to an aromatic ring is 1. The molecule has 2 rings (SSSR count). The maximum Gasteiger partial charge on any atom is 0.307 e. The first-order valence-corrected chi connectivity index (χ1v) is 7.75. The fraction of sp³-hybridized carbons (Fsp3) is 0.636. The Bertz CT molecular complexity index is 411. The van der Waals surface area contributed by atoms with Crippen molar-refractivity contribution in [2.75, 3.05) is 30.9 Å². The van der Waals surface area contributed by atoms with E-state index in [9.17, 15) is 4.79 Å². The highest BCUT2D eigenvalue weighted by Gasteiger charge is 2.25. The number of nitrogens with zero attached hydrogens (tertiary/aromatic N) is 2. The zero-order valence-corrected chi connectivity index (χ0v) is 11.9. The van der Waals surface area contributed by atoms with Gasteiger partial charge in [-0.05, 0) is 0 Å². The molecule has 1 unspecified atom stereocenters. The number of thiazole rings is 1. The number of carbonyl (C=O) groups is 1. The lowest BCUT2D eigenvalue weighted by Gasteiger charge is -2.34. The molecule has 0 saturated carbocycles. The Morgan fingerprint density at radius 2 is 2.56 bits per heavy atom. The number of carbonyl (C=O) groups excluding carboxylic acids is 1. The molecular weight excluding hydrogens is 270 g/mol. The van der Waals surface area contributed by atoms with Gasteiger partial charge in [-0.15, -0.1) is 11.3 Å². The predicted molar refractivity (Wildman–Crippen MR) is 74.7 cm³/mol. The summed E-state index contributed by atoms with van der Waals surface area (Å²) in [5.41, 5.74) is 5.63. The number of anilines is 1. The zero-order valence-electron chi connectivity index (χ0n) is 10.3. The SMILES string of the molecule is COC(=O)CC1CSCCN1Cc1cnc(N)s1. The van der Waals surface area contributed by atoms with E-state index in [2.05, 4.69) is 9.88 Å². The maximum absolute atomic E-state index is 11.4. The minimum atomic E-state index is -0.142. The summed E-state index contributed by atoms with van der Waals surface area (Å²) in [5.74, 6) is 1.94. The third kappa shape index (κ3) is 3.60. The molecule has 0 spiro atoms. The number of hydrogen-bond acceptors (Lipinski definition) is 7. The van der Waals surface area contributed by atoms with Crippen molar-refractivity contribution < 1.29 is 9.53 Å². The Morgan fingerprint density at radius 3 is 3.22 bits per heavy atom. The van der Waals surface area contributed by atoms with E-state index < -0.39 is 0 Å². The van der Waals surface area contributed by atoms with E-state index in [-0.39, 0.29) is 12.0 Å². The highest BCUT2D eigenvalue weighted by Crippen LogP contribution is 2.24. The smallest absolute Gasteiger partial charge is 0.307 e. The molecule has 1 fully saturated rings. The summed E-state index contributed by atoms with van der Waals surface area (Å²) in [6.07, 6.45) is 2.27. The molecule has 1 saturated heterocycles. The topological polar surface area (TPSA) is 68.5 Å². The largest absolute Gasteiger partial charge is 0.469 e. The average molecular weight is 287 g/mol. The Morgan fingerprint density at radius 1 is 1.72 bits per heavy atom. The Kier molecular flexibility index (Phi) is 4.85. The van der Waals surface area contributed by atoms with E-state index in [0.29, 0.717) is 11.6 Å². The van der Waals surface area contributed by atoms with Gasteiger partial charge in [0.1, 0.15) is 0 Å². The molecule has 2 heterocycles. The van der Waals surface area contributed by atoms with Crippen LogP contribution >= 0.6 is 23.1 Å². The molecule has 7 heteroatoms. The first-order valence-electron chi connectivity index (χ1n) is 5.78. The van der Waals surface area contributed by atoms with Crippen molar-refractivity contribution in [3.8, 4) is 0 Å². The lowest BCUT2D eigenvalue weighted by molar-refractivity contribution is -0.141. The van der Waals surface area contributed by atoms with Crippen LogP contribution in [0.3, 0.4) is 0 Å². The molecule has 0 aliphatic carbocycles. The van der Waals surface area contributed by atoms with Gasteiger partial charge in [0.15, 0.2) is 5.13 Å². The number of rotatable bonds is 4. The molecule has 1 aromatic heterocycles. The molecule has 0 aromatic carbocycles. The number of hydrogen-bond donors (Lipinski definition) is 1. The number of aromatic nitrogens is 1. The van der Waals surface area contributed by atoms with Crippen LogP contribution in [0.25, 0.3) is 0 Å². The minimum Gasteiger partial charge on any atom is -0.469 e. The summed E-state index contributed by atoms with van der Waals surface area (Å²) in [6.45, 7) is 1.81. The van der Waals surface area contributed by atoms with Crippen molar-refractivity contribution >= 4 is 34.2 Å². The molecule has 18 heavy (non-hydrogen) atoms. The maximum atomic E-state index is 11.4. The van der Waals surface area contributed by atoms with Gasteiger partial charge in [0.25, 0.3) is 0 Å². The highest BCUT2D eigenvalue weighted by atomic mass is 32.2. The summed E-state index contributed by atoms with van der Waals surface area (Å²) in [5, 5.41) is 0.598. The molecule has 0 radical (unpaired) electrons. The highest BCUT2D eigenvalue weighted by molar-refractivity contribution is 7.99. The van der Waals surface area contributed by atoms with Gasteiger partial charge in [0.05, 0.1) is 13.5 Å². The van der Waals surface area contributed by atoms with Gasteiger partial charge in [-0.2, -0.15) is 11.8 Å². The molecule has 1 atom stereocenters.